The lowest BCUT2D eigenvalue weighted by atomic mass is 9.86. The molecule has 2 atom stereocenters. The van der Waals surface area contributed by atoms with Gasteiger partial charge in [0.25, 0.3) is 0 Å². The van der Waals surface area contributed by atoms with Gasteiger partial charge in [-0.1, -0.05) is 18.0 Å². The van der Waals surface area contributed by atoms with Crippen LogP contribution in [0.4, 0.5) is 0 Å². The number of rotatable bonds is 6. The number of carboxylic acids is 1. The molecule has 2 rings (SSSR count). The molecule has 0 radical (unpaired) electrons. The Hall–Kier alpha value is -0.720. The van der Waals surface area contributed by atoms with Gasteiger partial charge in [0.15, 0.2) is 0 Å². The lowest BCUT2D eigenvalue weighted by molar-refractivity contribution is -0.143. The molecule has 1 aromatic rings. The maximum absolute atomic E-state index is 11.9. The van der Waals surface area contributed by atoms with Gasteiger partial charge >= 0.3 is 5.97 Å². The third kappa shape index (κ3) is 5.52. The summed E-state index contributed by atoms with van der Waals surface area (Å²) in [7, 11) is 0. The van der Waals surface area contributed by atoms with Crippen LogP contribution in [-0.4, -0.2) is 28.8 Å². The highest BCUT2D eigenvalue weighted by molar-refractivity contribution is 7.99. The minimum absolute atomic E-state index is 0.00383. The summed E-state index contributed by atoms with van der Waals surface area (Å²) >= 11 is 8.92. The van der Waals surface area contributed by atoms with Gasteiger partial charge in [-0.3, -0.25) is 9.59 Å². The largest absolute Gasteiger partial charge is 0.481 e. The zero-order valence-electron chi connectivity index (χ0n) is 11.5. The number of thioether (sulfide) groups is 1. The predicted octanol–water partition coefficient (Wildman–Crippen LogP) is 3.39. The van der Waals surface area contributed by atoms with Crippen LogP contribution in [0.2, 0.25) is 4.34 Å². The minimum atomic E-state index is -0.752. The standard InChI is InChI=1S/C14H18ClNO3S2/c15-12-5-4-11(21-12)7-20-8-13(17)16-10-3-1-2-9(6-10)14(18)19/h4-5,9-10H,1-3,6-8H2,(H,16,17)(H,18,19). The number of thiophene rings is 1. The first kappa shape index (κ1) is 16.6. The second-order valence-corrected chi connectivity index (χ2v) is 7.95. The maximum Gasteiger partial charge on any atom is 0.306 e. The van der Waals surface area contributed by atoms with Crippen LogP contribution in [0, 0.1) is 5.92 Å². The lowest BCUT2D eigenvalue weighted by Crippen LogP contribution is -2.40. The van der Waals surface area contributed by atoms with Crippen LogP contribution in [0.1, 0.15) is 30.6 Å². The quantitative estimate of drug-likeness (QED) is 0.827. The van der Waals surface area contributed by atoms with E-state index in [0.717, 1.165) is 34.2 Å². The Morgan fingerprint density at radius 2 is 2.24 bits per heavy atom. The fourth-order valence-corrected chi connectivity index (χ4v) is 4.52. The van der Waals surface area contributed by atoms with E-state index in [-0.39, 0.29) is 17.9 Å². The fraction of sp³-hybridized carbons (Fsp3) is 0.571. The minimum Gasteiger partial charge on any atom is -0.481 e. The molecule has 1 fully saturated rings. The average molecular weight is 348 g/mol. The number of carbonyl (C=O) groups excluding carboxylic acids is 1. The zero-order valence-corrected chi connectivity index (χ0v) is 13.9. The molecule has 0 bridgehead atoms. The van der Waals surface area contributed by atoms with Crippen LogP contribution >= 0.6 is 34.7 Å². The Morgan fingerprint density at radius 1 is 1.43 bits per heavy atom. The molecule has 4 nitrogen and oxygen atoms in total. The SMILES string of the molecule is O=C(CSCc1ccc(Cl)s1)NC1CCCC(C(=O)O)C1. The summed E-state index contributed by atoms with van der Waals surface area (Å²) in [6, 6.07) is 3.83. The van der Waals surface area contributed by atoms with Crippen molar-refractivity contribution in [2.24, 2.45) is 5.92 Å². The van der Waals surface area contributed by atoms with Gasteiger partial charge in [0.2, 0.25) is 5.91 Å². The first-order valence-electron chi connectivity index (χ1n) is 6.88. The molecular formula is C14H18ClNO3S2. The molecule has 0 spiro atoms. The summed E-state index contributed by atoms with van der Waals surface area (Å²) in [5.74, 6) is 0.0818. The molecule has 0 aliphatic heterocycles. The average Bonchev–Trinajstić information content (AvgIpc) is 2.84. The van der Waals surface area contributed by atoms with E-state index in [9.17, 15) is 9.59 Å². The van der Waals surface area contributed by atoms with Gasteiger partial charge in [-0.15, -0.1) is 23.1 Å². The Labute approximate surface area is 137 Å². The molecule has 2 unspecified atom stereocenters. The van der Waals surface area contributed by atoms with Crippen LogP contribution in [0.15, 0.2) is 12.1 Å². The second kappa shape index (κ2) is 8.06. The van der Waals surface area contributed by atoms with Crippen molar-refractivity contribution in [3.8, 4) is 0 Å². The van der Waals surface area contributed by atoms with Gasteiger partial charge in [0, 0.05) is 16.7 Å². The molecule has 1 amide bonds. The van der Waals surface area contributed by atoms with E-state index in [4.69, 9.17) is 16.7 Å². The molecule has 0 aromatic carbocycles. The van der Waals surface area contributed by atoms with Gasteiger partial charge in [-0.05, 0) is 31.4 Å². The maximum atomic E-state index is 11.9. The van der Waals surface area contributed by atoms with E-state index in [0.29, 0.717) is 12.2 Å². The highest BCUT2D eigenvalue weighted by atomic mass is 35.5. The van der Waals surface area contributed by atoms with Crippen LogP contribution in [0.5, 0.6) is 0 Å². The number of hydrogen-bond donors (Lipinski definition) is 2. The fourth-order valence-electron chi connectivity index (χ4n) is 2.49. The third-order valence-electron chi connectivity index (χ3n) is 3.49. The summed E-state index contributed by atoms with van der Waals surface area (Å²) in [5.41, 5.74) is 0. The number of carbonyl (C=O) groups is 2. The summed E-state index contributed by atoms with van der Waals surface area (Å²) in [5, 5.41) is 12.0. The first-order chi connectivity index (χ1) is 10.0. The predicted molar refractivity (Wildman–Crippen MR) is 87.0 cm³/mol. The molecule has 116 valence electrons. The molecule has 1 aliphatic carbocycles. The van der Waals surface area contributed by atoms with E-state index >= 15 is 0 Å². The van der Waals surface area contributed by atoms with Gasteiger partial charge in [0.1, 0.15) is 0 Å². The molecule has 7 heteroatoms. The van der Waals surface area contributed by atoms with Crippen LogP contribution < -0.4 is 5.32 Å². The van der Waals surface area contributed by atoms with Gasteiger partial charge in [-0.2, -0.15) is 0 Å². The smallest absolute Gasteiger partial charge is 0.306 e. The summed E-state index contributed by atoms with van der Waals surface area (Å²) < 4.78 is 0.761. The van der Waals surface area contributed by atoms with Crippen molar-refractivity contribution in [2.45, 2.75) is 37.5 Å². The topological polar surface area (TPSA) is 66.4 Å². The first-order valence-corrected chi connectivity index (χ1v) is 9.23. The number of carboxylic acid groups (broad SMARTS) is 1. The van der Waals surface area contributed by atoms with Crippen LogP contribution in [0.25, 0.3) is 0 Å². The van der Waals surface area contributed by atoms with Crippen molar-refractivity contribution in [2.75, 3.05) is 5.75 Å². The number of amides is 1. The molecule has 1 heterocycles. The zero-order chi connectivity index (χ0) is 15.2. The molecule has 2 N–H and O–H groups in total. The van der Waals surface area contributed by atoms with Crippen LogP contribution in [-0.2, 0) is 15.3 Å². The van der Waals surface area contributed by atoms with E-state index in [2.05, 4.69) is 5.32 Å². The Bertz CT molecular complexity index is 506. The molecule has 1 saturated carbocycles. The monoisotopic (exact) mass is 347 g/mol. The van der Waals surface area contributed by atoms with Crippen molar-refractivity contribution in [1.29, 1.82) is 0 Å². The highest BCUT2D eigenvalue weighted by Gasteiger charge is 2.27. The Morgan fingerprint density at radius 3 is 2.90 bits per heavy atom. The lowest BCUT2D eigenvalue weighted by Gasteiger charge is -2.27. The van der Waals surface area contributed by atoms with Crippen molar-refractivity contribution in [1.82, 2.24) is 5.32 Å². The van der Waals surface area contributed by atoms with Gasteiger partial charge in [-0.25, -0.2) is 0 Å². The number of aliphatic carboxylic acids is 1. The number of nitrogens with one attached hydrogen (secondary N) is 1. The summed E-state index contributed by atoms with van der Waals surface area (Å²) in [6.45, 7) is 0. The van der Waals surface area contributed by atoms with E-state index < -0.39 is 5.97 Å². The van der Waals surface area contributed by atoms with Gasteiger partial charge in [0.05, 0.1) is 16.0 Å². The van der Waals surface area contributed by atoms with Crippen LogP contribution in [0.3, 0.4) is 0 Å². The van der Waals surface area contributed by atoms with Crippen molar-refractivity contribution >= 4 is 46.6 Å². The normalized spacial score (nSPS) is 22.0. The number of halogens is 1. The van der Waals surface area contributed by atoms with E-state index in [1.807, 2.05) is 12.1 Å². The summed E-state index contributed by atoms with van der Waals surface area (Å²) in [4.78, 5) is 24.0. The van der Waals surface area contributed by atoms with Crippen molar-refractivity contribution < 1.29 is 14.7 Å². The summed E-state index contributed by atoms with van der Waals surface area (Å²) in [6.07, 6.45) is 3.01. The molecule has 0 saturated heterocycles. The van der Waals surface area contributed by atoms with Crippen molar-refractivity contribution in [3.63, 3.8) is 0 Å². The Kier molecular flexibility index (Phi) is 6.39. The van der Waals surface area contributed by atoms with E-state index in [1.165, 1.54) is 11.3 Å². The van der Waals surface area contributed by atoms with Gasteiger partial charge < -0.3 is 10.4 Å². The molecular weight excluding hydrogens is 330 g/mol. The van der Waals surface area contributed by atoms with E-state index in [1.54, 1.807) is 11.8 Å². The number of hydrogen-bond acceptors (Lipinski definition) is 4. The van der Waals surface area contributed by atoms with Crippen molar-refractivity contribution in [3.05, 3.63) is 21.3 Å². The third-order valence-corrected chi connectivity index (χ3v) is 5.89. The Balaban J connectivity index is 1.68. The highest BCUT2D eigenvalue weighted by Crippen LogP contribution is 2.26. The second-order valence-electron chi connectivity index (χ2n) is 5.16. The molecule has 1 aliphatic rings. The molecule has 1 aromatic heterocycles. The molecule has 21 heavy (non-hydrogen) atoms.